The summed E-state index contributed by atoms with van der Waals surface area (Å²) in [5.41, 5.74) is 2.63. The van der Waals surface area contributed by atoms with E-state index in [1.165, 1.54) is 0 Å². The summed E-state index contributed by atoms with van der Waals surface area (Å²) < 4.78 is 0. The number of aromatic amines is 1. The lowest BCUT2D eigenvalue weighted by atomic mass is 10.2. The number of hydrogen-bond acceptors (Lipinski definition) is 5. The van der Waals surface area contributed by atoms with E-state index in [4.69, 9.17) is 23.2 Å². The number of benzene rings is 1. The van der Waals surface area contributed by atoms with Crippen molar-refractivity contribution in [2.75, 3.05) is 23.7 Å². The predicted molar refractivity (Wildman–Crippen MR) is 103 cm³/mol. The van der Waals surface area contributed by atoms with Gasteiger partial charge in [-0.15, -0.1) is 0 Å². The standard InChI is InChI=1S/C17H18Cl2N6/c1-10-7-15(20-5-6-21-16-8-11(2)24-25-16)23-17(22-10)13-4-3-12(18)9-14(13)19/h3-4,7-9H,5-6H2,1-2H3,(H,20,22,23)(H2,21,24,25). The molecule has 2 heterocycles. The second-order valence-electron chi connectivity index (χ2n) is 5.63. The molecule has 0 bridgehead atoms. The molecular formula is C17H18Cl2N6. The molecule has 8 heteroatoms. The van der Waals surface area contributed by atoms with E-state index in [9.17, 15) is 0 Å². The highest BCUT2D eigenvalue weighted by molar-refractivity contribution is 6.36. The summed E-state index contributed by atoms with van der Waals surface area (Å²) >= 11 is 12.2. The zero-order chi connectivity index (χ0) is 17.8. The molecule has 3 N–H and O–H groups in total. The lowest BCUT2D eigenvalue weighted by molar-refractivity contribution is 1.00. The van der Waals surface area contributed by atoms with E-state index in [1.807, 2.05) is 32.0 Å². The molecule has 6 nitrogen and oxygen atoms in total. The second-order valence-corrected chi connectivity index (χ2v) is 6.48. The minimum atomic E-state index is 0.527. The molecule has 0 radical (unpaired) electrons. The van der Waals surface area contributed by atoms with Gasteiger partial charge in [-0.3, -0.25) is 5.10 Å². The van der Waals surface area contributed by atoms with Crippen LogP contribution < -0.4 is 10.6 Å². The number of anilines is 2. The first-order valence-corrected chi connectivity index (χ1v) is 8.58. The van der Waals surface area contributed by atoms with Crippen LogP contribution in [0.2, 0.25) is 10.0 Å². The number of H-pyrrole nitrogens is 1. The Balaban J connectivity index is 1.67. The Bertz CT molecular complexity index is 877. The third-order valence-electron chi connectivity index (χ3n) is 3.47. The van der Waals surface area contributed by atoms with Gasteiger partial charge in [0, 0.05) is 47.2 Å². The third kappa shape index (κ3) is 4.61. The van der Waals surface area contributed by atoms with Crippen LogP contribution in [0.3, 0.4) is 0 Å². The molecule has 1 aromatic carbocycles. The molecule has 0 unspecified atom stereocenters. The summed E-state index contributed by atoms with van der Waals surface area (Å²) in [6.45, 7) is 5.29. The lowest BCUT2D eigenvalue weighted by Gasteiger charge is -2.10. The van der Waals surface area contributed by atoms with Gasteiger partial charge in [0.25, 0.3) is 0 Å². The van der Waals surface area contributed by atoms with Gasteiger partial charge in [-0.2, -0.15) is 5.10 Å². The molecule has 0 aliphatic carbocycles. The first kappa shape index (κ1) is 17.5. The van der Waals surface area contributed by atoms with Crippen LogP contribution in [0.4, 0.5) is 11.6 Å². The van der Waals surface area contributed by atoms with Crippen LogP contribution >= 0.6 is 23.2 Å². The van der Waals surface area contributed by atoms with E-state index < -0.39 is 0 Å². The SMILES string of the molecule is Cc1cc(NCCNc2cc(C)[nH]n2)nc(-c2ccc(Cl)cc2Cl)n1. The number of halogens is 2. The van der Waals surface area contributed by atoms with Crippen molar-refractivity contribution < 1.29 is 0 Å². The van der Waals surface area contributed by atoms with Gasteiger partial charge in [0.05, 0.1) is 5.02 Å². The maximum absolute atomic E-state index is 6.26. The highest BCUT2D eigenvalue weighted by Crippen LogP contribution is 2.28. The molecule has 2 aromatic heterocycles. The van der Waals surface area contributed by atoms with E-state index in [0.29, 0.717) is 29.0 Å². The van der Waals surface area contributed by atoms with Crippen LogP contribution in [-0.4, -0.2) is 33.3 Å². The summed E-state index contributed by atoms with van der Waals surface area (Å²) in [4.78, 5) is 9.01. The zero-order valence-electron chi connectivity index (χ0n) is 13.9. The van der Waals surface area contributed by atoms with Gasteiger partial charge in [-0.05, 0) is 32.0 Å². The van der Waals surface area contributed by atoms with Crippen LogP contribution in [0.1, 0.15) is 11.4 Å². The topological polar surface area (TPSA) is 78.5 Å². The summed E-state index contributed by atoms with van der Waals surface area (Å²) in [7, 11) is 0. The van der Waals surface area contributed by atoms with Crippen molar-refractivity contribution >= 4 is 34.8 Å². The van der Waals surface area contributed by atoms with Gasteiger partial charge < -0.3 is 10.6 Å². The van der Waals surface area contributed by atoms with Crippen molar-refractivity contribution in [1.29, 1.82) is 0 Å². The van der Waals surface area contributed by atoms with Crippen molar-refractivity contribution in [1.82, 2.24) is 20.2 Å². The Hall–Kier alpha value is -2.31. The molecule has 3 rings (SSSR count). The van der Waals surface area contributed by atoms with Crippen molar-refractivity contribution in [3.63, 3.8) is 0 Å². The molecule has 0 aliphatic heterocycles. The molecule has 0 fully saturated rings. The van der Waals surface area contributed by atoms with Crippen molar-refractivity contribution in [2.45, 2.75) is 13.8 Å². The van der Waals surface area contributed by atoms with E-state index in [-0.39, 0.29) is 0 Å². The van der Waals surface area contributed by atoms with Gasteiger partial charge in [0.2, 0.25) is 0 Å². The van der Waals surface area contributed by atoms with E-state index in [1.54, 1.807) is 12.1 Å². The highest BCUT2D eigenvalue weighted by Gasteiger charge is 2.09. The molecule has 130 valence electrons. The van der Waals surface area contributed by atoms with Crippen LogP contribution in [-0.2, 0) is 0 Å². The smallest absolute Gasteiger partial charge is 0.163 e. The monoisotopic (exact) mass is 376 g/mol. The Morgan fingerprint density at radius 3 is 2.40 bits per heavy atom. The normalized spacial score (nSPS) is 10.7. The van der Waals surface area contributed by atoms with Crippen LogP contribution in [0.25, 0.3) is 11.4 Å². The van der Waals surface area contributed by atoms with Gasteiger partial charge in [-0.25, -0.2) is 9.97 Å². The summed E-state index contributed by atoms with van der Waals surface area (Å²) in [5.74, 6) is 2.14. The summed E-state index contributed by atoms with van der Waals surface area (Å²) in [6.07, 6.45) is 0. The molecule has 0 amide bonds. The largest absolute Gasteiger partial charge is 0.368 e. The quantitative estimate of drug-likeness (QED) is 0.558. The van der Waals surface area contributed by atoms with Crippen molar-refractivity contribution in [3.05, 3.63) is 51.8 Å². The average molecular weight is 377 g/mol. The number of hydrogen-bond donors (Lipinski definition) is 3. The molecule has 0 aliphatic rings. The third-order valence-corrected chi connectivity index (χ3v) is 4.02. The Morgan fingerprint density at radius 1 is 0.960 bits per heavy atom. The van der Waals surface area contributed by atoms with E-state index in [2.05, 4.69) is 30.8 Å². The first-order chi connectivity index (χ1) is 12.0. The van der Waals surface area contributed by atoms with E-state index in [0.717, 1.165) is 28.6 Å². The average Bonchev–Trinajstić information content (AvgIpc) is 2.96. The number of rotatable bonds is 6. The molecule has 0 saturated heterocycles. The minimum Gasteiger partial charge on any atom is -0.368 e. The van der Waals surface area contributed by atoms with Gasteiger partial charge in [0.15, 0.2) is 5.82 Å². The Labute approximate surface area is 156 Å². The maximum atomic E-state index is 6.26. The molecule has 0 saturated carbocycles. The Kier molecular flexibility index (Phi) is 5.40. The van der Waals surface area contributed by atoms with Gasteiger partial charge in [-0.1, -0.05) is 23.2 Å². The fourth-order valence-corrected chi connectivity index (χ4v) is 2.83. The summed E-state index contributed by atoms with van der Waals surface area (Å²) in [6, 6.07) is 9.14. The maximum Gasteiger partial charge on any atom is 0.163 e. The van der Waals surface area contributed by atoms with Crippen LogP contribution in [0, 0.1) is 13.8 Å². The minimum absolute atomic E-state index is 0.527. The predicted octanol–water partition coefficient (Wildman–Crippen LogP) is 4.31. The van der Waals surface area contributed by atoms with Gasteiger partial charge in [0.1, 0.15) is 11.6 Å². The molecular weight excluding hydrogens is 359 g/mol. The van der Waals surface area contributed by atoms with Gasteiger partial charge >= 0.3 is 0 Å². The summed E-state index contributed by atoms with van der Waals surface area (Å²) in [5, 5.41) is 14.6. The van der Waals surface area contributed by atoms with Crippen LogP contribution in [0.15, 0.2) is 30.3 Å². The van der Waals surface area contributed by atoms with Crippen molar-refractivity contribution in [3.8, 4) is 11.4 Å². The number of nitrogens with one attached hydrogen (secondary N) is 3. The number of aromatic nitrogens is 4. The van der Waals surface area contributed by atoms with Crippen molar-refractivity contribution in [2.24, 2.45) is 0 Å². The highest BCUT2D eigenvalue weighted by atomic mass is 35.5. The Morgan fingerprint density at radius 2 is 1.72 bits per heavy atom. The zero-order valence-corrected chi connectivity index (χ0v) is 15.4. The molecule has 25 heavy (non-hydrogen) atoms. The molecule has 3 aromatic rings. The van der Waals surface area contributed by atoms with E-state index >= 15 is 0 Å². The fourth-order valence-electron chi connectivity index (χ4n) is 2.34. The number of nitrogens with zero attached hydrogens (tertiary/aromatic N) is 3. The number of aryl methyl sites for hydroxylation is 2. The second kappa shape index (κ2) is 7.72. The first-order valence-electron chi connectivity index (χ1n) is 7.82. The van der Waals surface area contributed by atoms with Crippen LogP contribution in [0.5, 0.6) is 0 Å². The fraction of sp³-hybridized carbons (Fsp3) is 0.235. The molecule has 0 spiro atoms. The molecule has 0 atom stereocenters. The lowest BCUT2D eigenvalue weighted by Crippen LogP contribution is -2.15.